The van der Waals surface area contributed by atoms with Gasteiger partial charge in [-0.15, -0.1) is 0 Å². The largest absolute Gasteiger partial charge is 0.343 e. The van der Waals surface area contributed by atoms with E-state index in [1.807, 2.05) is 6.92 Å². The smallest absolute Gasteiger partial charge is 0.258 e. The summed E-state index contributed by atoms with van der Waals surface area (Å²) in [6, 6.07) is 6.51. The third-order valence-corrected chi connectivity index (χ3v) is 5.34. The number of carbonyl (C=O) groups is 3. The summed E-state index contributed by atoms with van der Waals surface area (Å²) in [4.78, 5) is 45.6. The molecular formula is C19H21N5O4. The molecule has 2 aromatic rings. The van der Waals surface area contributed by atoms with Crippen molar-refractivity contribution in [3.05, 3.63) is 41.5 Å². The first kappa shape index (κ1) is 18.1. The van der Waals surface area contributed by atoms with Crippen LogP contribution in [-0.4, -0.2) is 45.0 Å². The number of benzene rings is 1. The van der Waals surface area contributed by atoms with Gasteiger partial charge < -0.3 is 14.7 Å². The maximum atomic E-state index is 13.1. The highest BCUT2D eigenvalue weighted by Crippen LogP contribution is 2.43. The Labute approximate surface area is 161 Å². The standard InChI is InChI=1S/C19H21N5O4/c1-11(17-21-12(2)22-28-17)20-15(25)10-23-18(27)13-6-4-5-7-14(13)24-16(26)8-9-19(23,24)3/h4-7,11H,8-10H2,1-3H3,(H,20,25). The van der Waals surface area contributed by atoms with Gasteiger partial charge in [0, 0.05) is 6.42 Å². The first-order chi connectivity index (χ1) is 13.3. The Morgan fingerprint density at radius 3 is 2.82 bits per heavy atom. The minimum Gasteiger partial charge on any atom is -0.343 e. The fourth-order valence-corrected chi connectivity index (χ4v) is 3.92. The maximum absolute atomic E-state index is 13.1. The van der Waals surface area contributed by atoms with Crippen LogP contribution in [0.3, 0.4) is 0 Å². The number of nitrogens with one attached hydrogen (secondary N) is 1. The average Bonchev–Trinajstić information content (AvgIpc) is 3.23. The van der Waals surface area contributed by atoms with Crippen LogP contribution in [-0.2, 0) is 9.59 Å². The molecule has 0 aliphatic carbocycles. The van der Waals surface area contributed by atoms with Crippen LogP contribution in [0.25, 0.3) is 0 Å². The van der Waals surface area contributed by atoms with Gasteiger partial charge in [0.25, 0.3) is 5.91 Å². The number of hydrogen-bond donors (Lipinski definition) is 1. The SMILES string of the molecule is Cc1noc(C(C)NC(=O)CN2C(=O)c3ccccc3N3C(=O)CCC23C)n1. The molecule has 3 amide bonds. The molecule has 9 heteroatoms. The van der Waals surface area contributed by atoms with Crippen molar-refractivity contribution >= 4 is 23.4 Å². The number of rotatable bonds is 4. The van der Waals surface area contributed by atoms with E-state index in [1.54, 1.807) is 43.0 Å². The lowest BCUT2D eigenvalue weighted by molar-refractivity contribution is -0.124. The van der Waals surface area contributed by atoms with Crippen LogP contribution in [0.4, 0.5) is 5.69 Å². The number of carbonyl (C=O) groups excluding carboxylic acids is 3. The Kier molecular flexibility index (Phi) is 4.17. The van der Waals surface area contributed by atoms with Crippen molar-refractivity contribution in [3.8, 4) is 0 Å². The number of aryl methyl sites for hydroxylation is 1. The number of nitrogens with zero attached hydrogens (tertiary/aromatic N) is 4. The van der Waals surface area contributed by atoms with E-state index in [2.05, 4.69) is 15.5 Å². The highest BCUT2D eigenvalue weighted by atomic mass is 16.5. The summed E-state index contributed by atoms with van der Waals surface area (Å²) in [7, 11) is 0. The molecule has 1 aromatic heterocycles. The molecule has 3 heterocycles. The number of anilines is 1. The second-order valence-electron chi connectivity index (χ2n) is 7.32. The molecule has 146 valence electrons. The van der Waals surface area contributed by atoms with Gasteiger partial charge in [0.15, 0.2) is 5.82 Å². The van der Waals surface area contributed by atoms with E-state index in [4.69, 9.17) is 4.52 Å². The van der Waals surface area contributed by atoms with E-state index in [-0.39, 0.29) is 24.3 Å². The summed E-state index contributed by atoms with van der Waals surface area (Å²) in [5.74, 6) is 0.0937. The van der Waals surface area contributed by atoms with Crippen molar-refractivity contribution in [2.24, 2.45) is 0 Å². The van der Waals surface area contributed by atoms with Gasteiger partial charge in [-0.1, -0.05) is 17.3 Å². The van der Waals surface area contributed by atoms with Gasteiger partial charge in [-0.25, -0.2) is 0 Å². The zero-order valence-corrected chi connectivity index (χ0v) is 15.9. The molecule has 2 unspecified atom stereocenters. The lowest BCUT2D eigenvalue weighted by atomic mass is 9.98. The van der Waals surface area contributed by atoms with Gasteiger partial charge in [-0.2, -0.15) is 4.98 Å². The molecular weight excluding hydrogens is 362 g/mol. The third-order valence-electron chi connectivity index (χ3n) is 5.34. The predicted molar refractivity (Wildman–Crippen MR) is 98.2 cm³/mol. The van der Waals surface area contributed by atoms with Crippen molar-refractivity contribution in [1.82, 2.24) is 20.4 Å². The molecule has 28 heavy (non-hydrogen) atoms. The summed E-state index contributed by atoms with van der Waals surface area (Å²) < 4.78 is 5.08. The van der Waals surface area contributed by atoms with Crippen LogP contribution in [0.5, 0.6) is 0 Å². The van der Waals surface area contributed by atoms with Gasteiger partial charge in [-0.3, -0.25) is 19.3 Å². The summed E-state index contributed by atoms with van der Waals surface area (Å²) in [6.45, 7) is 5.07. The van der Waals surface area contributed by atoms with Gasteiger partial charge in [0.2, 0.25) is 17.7 Å². The molecule has 2 aliphatic heterocycles. The second-order valence-corrected chi connectivity index (χ2v) is 7.32. The highest BCUT2D eigenvalue weighted by Gasteiger charge is 2.53. The Bertz CT molecular complexity index is 971. The van der Waals surface area contributed by atoms with Gasteiger partial charge >= 0.3 is 0 Å². The predicted octanol–water partition coefficient (Wildman–Crippen LogP) is 1.55. The molecule has 9 nitrogen and oxygen atoms in total. The molecule has 1 saturated heterocycles. The molecule has 2 aliphatic rings. The zero-order chi connectivity index (χ0) is 20.1. The van der Waals surface area contributed by atoms with Crippen LogP contribution in [0.1, 0.15) is 54.8 Å². The molecule has 1 aromatic carbocycles. The van der Waals surface area contributed by atoms with Crippen molar-refractivity contribution < 1.29 is 18.9 Å². The Balaban J connectivity index is 1.59. The highest BCUT2D eigenvalue weighted by molar-refractivity contribution is 6.11. The molecule has 0 radical (unpaired) electrons. The number of fused-ring (bicyclic) bond motifs is 3. The van der Waals surface area contributed by atoms with Crippen molar-refractivity contribution in [2.75, 3.05) is 11.4 Å². The molecule has 0 spiro atoms. The Hall–Kier alpha value is -3.23. The van der Waals surface area contributed by atoms with Crippen molar-refractivity contribution in [3.63, 3.8) is 0 Å². The first-order valence-electron chi connectivity index (χ1n) is 9.15. The van der Waals surface area contributed by atoms with Crippen LogP contribution < -0.4 is 10.2 Å². The second kappa shape index (κ2) is 6.43. The fraction of sp³-hybridized carbons (Fsp3) is 0.421. The monoisotopic (exact) mass is 383 g/mol. The molecule has 0 bridgehead atoms. The first-order valence-corrected chi connectivity index (χ1v) is 9.15. The Morgan fingerprint density at radius 2 is 2.11 bits per heavy atom. The van der Waals surface area contributed by atoms with E-state index in [9.17, 15) is 14.4 Å². The fourth-order valence-electron chi connectivity index (χ4n) is 3.92. The molecule has 0 saturated carbocycles. The Morgan fingerprint density at radius 1 is 1.36 bits per heavy atom. The normalized spacial score (nSPS) is 22.1. The number of amides is 3. The van der Waals surface area contributed by atoms with Gasteiger partial charge in [-0.05, 0) is 39.3 Å². The van der Waals surface area contributed by atoms with E-state index in [1.165, 1.54) is 4.90 Å². The minimum absolute atomic E-state index is 0.0532. The number of para-hydroxylation sites is 1. The summed E-state index contributed by atoms with van der Waals surface area (Å²) >= 11 is 0. The van der Waals surface area contributed by atoms with Crippen molar-refractivity contribution in [1.29, 1.82) is 0 Å². The van der Waals surface area contributed by atoms with Crippen LogP contribution in [0.15, 0.2) is 28.8 Å². The lowest BCUT2D eigenvalue weighted by Gasteiger charge is -2.48. The summed E-state index contributed by atoms with van der Waals surface area (Å²) in [5.41, 5.74) is 0.150. The molecule has 1 N–H and O–H groups in total. The van der Waals surface area contributed by atoms with E-state index in [0.717, 1.165) is 0 Å². The van der Waals surface area contributed by atoms with E-state index in [0.29, 0.717) is 35.8 Å². The summed E-state index contributed by atoms with van der Waals surface area (Å²) in [6.07, 6.45) is 0.797. The third kappa shape index (κ3) is 2.74. The molecule has 1 fully saturated rings. The average molecular weight is 383 g/mol. The minimum atomic E-state index is -0.871. The van der Waals surface area contributed by atoms with Gasteiger partial charge in [0.1, 0.15) is 18.2 Å². The number of hydrogen-bond acceptors (Lipinski definition) is 6. The van der Waals surface area contributed by atoms with E-state index < -0.39 is 11.7 Å². The topological polar surface area (TPSA) is 109 Å². The lowest BCUT2D eigenvalue weighted by Crippen LogP contribution is -2.63. The van der Waals surface area contributed by atoms with Crippen LogP contribution in [0.2, 0.25) is 0 Å². The van der Waals surface area contributed by atoms with Gasteiger partial charge in [0.05, 0.1) is 11.3 Å². The molecule has 4 rings (SSSR count). The summed E-state index contributed by atoms with van der Waals surface area (Å²) in [5, 5.41) is 6.49. The van der Waals surface area contributed by atoms with Crippen molar-refractivity contribution in [2.45, 2.75) is 45.3 Å². The quantitative estimate of drug-likeness (QED) is 0.858. The zero-order valence-electron chi connectivity index (χ0n) is 15.9. The number of aromatic nitrogens is 2. The van der Waals surface area contributed by atoms with Crippen LogP contribution >= 0.6 is 0 Å². The maximum Gasteiger partial charge on any atom is 0.258 e. The van der Waals surface area contributed by atoms with E-state index >= 15 is 0 Å². The van der Waals surface area contributed by atoms with Crippen LogP contribution in [0, 0.1) is 6.92 Å². The molecule has 2 atom stereocenters.